The van der Waals surface area contributed by atoms with Gasteiger partial charge < -0.3 is 5.32 Å². The third kappa shape index (κ3) is 4.67. The van der Waals surface area contributed by atoms with Crippen LogP contribution in [0, 0.1) is 5.92 Å². The highest BCUT2D eigenvalue weighted by Crippen LogP contribution is 2.18. The van der Waals surface area contributed by atoms with E-state index in [1.165, 1.54) is 0 Å². The van der Waals surface area contributed by atoms with Gasteiger partial charge in [-0.05, 0) is 51.8 Å². The molecule has 19 heavy (non-hydrogen) atoms. The van der Waals surface area contributed by atoms with Crippen molar-refractivity contribution in [2.24, 2.45) is 5.92 Å². The Morgan fingerprint density at radius 1 is 1.42 bits per heavy atom. The van der Waals surface area contributed by atoms with Crippen molar-refractivity contribution >= 4 is 5.91 Å². The van der Waals surface area contributed by atoms with E-state index in [0.29, 0.717) is 12.5 Å². The number of carbonyl (C=O) groups is 1. The van der Waals surface area contributed by atoms with Crippen molar-refractivity contribution in [1.29, 1.82) is 0 Å². The van der Waals surface area contributed by atoms with Crippen LogP contribution in [0.15, 0.2) is 18.5 Å². The van der Waals surface area contributed by atoms with Crippen molar-refractivity contribution in [3.8, 4) is 0 Å². The minimum atomic E-state index is 0.139. The average Bonchev–Trinajstić information content (AvgIpc) is 2.83. The molecule has 106 valence electrons. The lowest BCUT2D eigenvalue weighted by Crippen LogP contribution is -2.43. The quantitative estimate of drug-likeness (QED) is 0.867. The average molecular weight is 264 g/mol. The summed E-state index contributed by atoms with van der Waals surface area (Å²) in [5.74, 6) is 0.824. The van der Waals surface area contributed by atoms with Crippen LogP contribution in [0.5, 0.6) is 0 Å². The van der Waals surface area contributed by atoms with Crippen molar-refractivity contribution < 1.29 is 4.79 Å². The summed E-state index contributed by atoms with van der Waals surface area (Å²) in [6, 6.07) is 2.19. The van der Waals surface area contributed by atoms with Crippen LogP contribution >= 0.6 is 0 Å². The second-order valence-electron chi connectivity index (χ2n) is 5.67. The highest BCUT2D eigenvalue weighted by atomic mass is 16.2. The van der Waals surface area contributed by atoms with Crippen LogP contribution in [0.2, 0.25) is 0 Å². The second kappa shape index (κ2) is 6.70. The van der Waals surface area contributed by atoms with E-state index < -0.39 is 0 Å². The van der Waals surface area contributed by atoms with Crippen molar-refractivity contribution in [3.63, 3.8) is 0 Å². The Hall–Kier alpha value is -1.36. The summed E-state index contributed by atoms with van der Waals surface area (Å²) in [5, 5.41) is 7.19. The second-order valence-corrected chi connectivity index (χ2v) is 5.67. The maximum absolute atomic E-state index is 11.7. The van der Waals surface area contributed by atoms with Crippen molar-refractivity contribution in [1.82, 2.24) is 20.0 Å². The first-order valence-corrected chi connectivity index (χ1v) is 7.12. The summed E-state index contributed by atoms with van der Waals surface area (Å²) in [7, 11) is 0. The zero-order valence-corrected chi connectivity index (χ0v) is 11.9. The molecule has 0 bridgehead atoms. The maximum Gasteiger partial charge on any atom is 0.234 e. The molecule has 1 fully saturated rings. The molecule has 1 amide bonds. The molecule has 5 nitrogen and oxygen atoms in total. The fourth-order valence-corrected chi connectivity index (χ4v) is 2.57. The molecule has 1 saturated heterocycles. The first kappa shape index (κ1) is 14.1. The van der Waals surface area contributed by atoms with Crippen LogP contribution in [0.3, 0.4) is 0 Å². The number of hydrogen-bond donors (Lipinski definition) is 1. The van der Waals surface area contributed by atoms with Gasteiger partial charge in [-0.2, -0.15) is 5.10 Å². The highest BCUT2D eigenvalue weighted by Gasteiger charge is 2.21. The molecular formula is C14H24N4O. The van der Waals surface area contributed by atoms with E-state index >= 15 is 0 Å². The van der Waals surface area contributed by atoms with E-state index in [4.69, 9.17) is 0 Å². The van der Waals surface area contributed by atoms with Gasteiger partial charge in [-0.15, -0.1) is 0 Å². The Balaban J connectivity index is 1.69. The summed E-state index contributed by atoms with van der Waals surface area (Å²) >= 11 is 0. The smallest absolute Gasteiger partial charge is 0.234 e. The zero-order valence-electron chi connectivity index (χ0n) is 11.9. The van der Waals surface area contributed by atoms with Gasteiger partial charge in [0.1, 0.15) is 0 Å². The van der Waals surface area contributed by atoms with E-state index in [9.17, 15) is 4.79 Å². The topological polar surface area (TPSA) is 50.2 Å². The number of likely N-dealkylation sites (tertiary alicyclic amines) is 1. The van der Waals surface area contributed by atoms with Crippen LogP contribution in [0.1, 0.15) is 26.7 Å². The maximum atomic E-state index is 11.7. The van der Waals surface area contributed by atoms with Gasteiger partial charge in [0.2, 0.25) is 5.91 Å². The van der Waals surface area contributed by atoms with Gasteiger partial charge in [-0.3, -0.25) is 14.4 Å². The first-order valence-electron chi connectivity index (χ1n) is 7.12. The lowest BCUT2D eigenvalue weighted by Gasteiger charge is -2.31. The fraction of sp³-hybridized carbons (Fsp3) is 0.714. The number of nitrogens with one attached hydrogen (secondary N) is 1. The van der Waals surface area contributed by atoms with Crippen molar-refractivity contribution in [2.75, 3.05) is 19.6 Å². The number of piperidine rings is 1. The fourth-order valence-electron chi connectivity index (χ4n) is 2.57. The highest BCUT2D eigenvalue weighted by molar-refractivity contribution is 5.78. The Kier molecular flexibility index (Phi) is 4.96. The lowest BCUT2D eigenvalue weighted by molar-refractivity contribution is -0.123. The molecule has 1 aromatic rings. The van der Waals surface area contributed by atoms with Crippen molar-refractivity contribution in [2.45, 2.75) is 39.3 Å². The molecule has 0 aliphatic carbocycles. The number of aromatic nitrogens is 2. The zero-order chi connectivity index (χ0) is 13.7. The Morgan fingerprint density at radius 2 is 2.16 bits per heavy atom. The predicted molar refractivity (Wildman–Crippen MR) is 74.7 cm³/mol. The standard InChI is InChI=1S/C14H24N4O/c1-12(2)16-14(19)11-17-8-4-13(5-9-17)10-18-7-3-6-15-18/h3,6-7,12-13H,4-5,8-11H2,1-2H3,(H,16,19). The summed E-state index contributed by atoms with van der Waals surface area (Å²) in [6.07, 6.45) is 6.14. The van der Waals surface area contributed by atoms with E-state index in [0.717, 1.165) is 32.5 Å². The van der Waals surface area contributed by atoms with Gasteiger partial charge in [0.15, 0.2) is 0 Å². The largest absolute Gasteiger partial charge is 0.353 e. The normalized spacial score (nSPS) is 17.8. The Bertz CT molecular complexity index is 380. The van der Waals surface area contributed by atoms with Crippen molar-refractivity contribution in [3.05, 3.63) is 18.5 Å². The van der Waals surface area contributed by atoms with Crippen LogP contribution < -0.4 is 5.32 Å². The van der Waals surface area contributed by atoms with Gasteiger partial charge in [0.25, 0.3) is 0 Å². The third-order valence-corrected chi connectivity index (χ3v) is 3.53. The molecule has 5 heteroatoms. The van der Waals surface area contributed by atoms with Crippen LogP contribution in [-0.4, -0.2) is 46.3 Å². The molecular weight excluding hydrogens is 240 g/mol. The molecule has 0 aromatic carbocycles. The van der Waals surface area contributed by atoms with Gasteiger partial charge in [-0.1, -0.05) is 0 Å². The summed E-state index contributed by atoms with van der Waals surface area (Å²) in [6.45, 7) is 7.54. The SMILES string of the molecule is CC(C)NC(=O)CN1CCC(Cn2cccn2)CC1. The Labute approximate surface area is 115 Å². The number of nitrogens with zero attached hydrogens (tertiary/aromatic N) is 3. The van der Waals surface area contributed by atoms with E-state index in [1.54, 1.807) is 0 Å². The summed E-state index contributed by atoms with van der Waals surface area (Å²) < 4.78 is 2.01. The molecule has 0 radical (unpaired) electrons. The Morgan fingerprint density at radius 3 is 2.74 bits per heavy atom. The molecule has 1 aliphatic rings. The van der Waals surface area contributed by atoms with E-state index in [2.05, 4.69) is 15.3 Å². The number of carbonyl (C=O) groups excluding carboxylic acids is 1. The van der Waals surface area contributed by atoms with Gasteiger partial charge in [0, 0.05) is 25.0 Å². The molecule has 1 aliphatic heterocycles. The third-order valence-electron chi connectivity index (χ3n) is 3.53. The molecule has 1 aromatic heterocycles. The van der Waals surface area contributed by atoms with Crippen LogP contribution in [0.4, 0.5) is 0 Å². The molecule has 0 atom stereocenters. The molecule has 0 spiro atoms. The van der Waals surface area contributed by atoms with Gasteiger partial charge in [-0.25, -0.2) is 0 Å². The van der Waals surface area contributed by atoms with E-state index in [-0.39, 0.29) is 11.9 Å². The van der Waals surface area contributed by atoms with E-state index in [1.807, 2.05) is 37.0 Å². The monoisotopic (exact) mass is 264 g/mol. The summed E-state index contributed by atoms with van der Waals surface area (Å²) in [4.78, 5) is 13.9. The number of amides is 1. The minimum absolute atomic E-state index is 0.139. The number of rotatable bonds is 5. The molecule has 2 heterocycles. The minimum Gasteiger partial charge on any atom is -0.353 e. The summed E-state index contributed by atoms with van der Waals surface area (Å²) in [5.41, 5.74) is 0. The number of hydrogen-bond acceptors (Lipinski definition) is 3. The van der Waals surface area contributed by atoms with Crippen LogP contribution in [0.25, 0.3) is 0 Å². The van der Waals surface area contributed by atoms with Gasteiger partial charge >= 0.3 is 0 Å². The molecule has 0 saturated carbocycles. The van der Waals surface area contributed by atoms with Crippen LogP contribution in [-0.2, 0) is 11.3 Å². The molecule has 2 rings (SSSR count). The first-order chi connectivity index (χ1) is 9.13. The molecule has 1 N–H and O–H groups in total. The molecule has 0 unspecified atom stereocenters. The lowest BCUT2D eigenvalue weighted by atomic mass is 9.97. The predicted octanol–water partition coefficient (Wildman–Crippen LogP) is 1.12. The van der Waals surface area contributed by atoms with Gasteiger partial charge in [0.05, 0.1) is 6.54 Å².